The predicted octanol–water partition coefficient (Wildman–Crippen LogP) is 3.96. The molecule has 0 saturated carbocycles. The second-order valence-corrected chi connectivity index (χ2v) is 4.42. The van der Waals surface area contributed by atoms with Crippen LogP contribution in [-0.4, -0.2) is 4.98 Å². The second kappa shape index (κ2) is 5.19. The van der Waals surface area contributed by atoms with Crippen LogP contribution in [-0.2, 0) is 6.54 Å². The van der Waals surface area contributed by atoms with Crippen LogP contribution in [0.2, 0.25) is 5.15 Å². The van der Waals surface area contributed by atoms with E-state index >= 15 is 0 Å². The van der Waals surface area contributed by atoms with Crippen LogP contribution in [0.5, 0.6) is 0 Å². The van der Waals surface area contributed by atoms with E-state index in [1.807, 2.05) is 12.1 Å². The van der Waals surface area contributed by atoms with Crippen molar-refractivity contribution in [3.63, 3.8) is 0 Å². The number of benzene rings is 1. The second-order valence-electron chi connectivity index (χ2n) is 4.07. The average molecular weight is 247 g/mol. The average Bonchev–Trinajstić information content (AvgIpc) is 2.30. The summed E-state index contributed by atoms with van der Waals surface area (Å²) >= 11 is 6.00. The van der Waals surface area contributed by atoms with Crippen LogP contribution in [0.1, 0.15) is 16.7 Å². The zero-order valence-electron chi connectivity index (χ0n) is 10.00. The molecule has 1 aromatic carbocycles. The Morgan fingerprint density at radius 2 is 1.82 bits per heavy atom. The number of hydrogen-bond acceptors (Lipinski definition) is 2. The molecule has 0 fully saturated rings. The summed E-state index contributed by atoms with van der Waals surface area (Å²) in [6.45, 7) is 5.01. The van der Waals surface area contributed by atoms with Gasteiger partial charge < -0.3 is 5.32 Å². The number of halogens is 1. The molecule has 1 aromatic heterocycles. The fraction of sp³-hybridized carbons (Fsp3) is 0.214. The summed E-state index contributed by atoms with van der Waals surface area (Å²) < 4.78 is 0. The van der Waals surface area contributed by atoms with Gasteiger partial charge in [-0.05, 0) is 42.7 Å². The number of hydrogen-bond donors (Lipinski definition) is 1. The SMILES string of the molecule is Cc1cccc(C)c1CNc1cccnc1Cl. The third-order valence-electron chi connectivity index (χ3n) is 2.86. The Balaban J connectivity index is 2.16. The molecule has 0 radical (unpaired) electrons. The van der Waals surface area contributed by atoms with Gasteiger partial charge in [0.1, 0.15) is 0 Å². The molecule has 0 aliphatic heterocycles. The van der Waals surface area contributed by atoms with Crippen LogP contribution in [0.25, 0.3) is 0 Å². The number of aryl methyl sites for hydroxylation is 2. The molecule has 0 unspecified atom stereocenters. The number of pyridine rings is 1. The molecule has 0 amide bonds. The molecule has 2 aromatic rings. The lowest BCUT2D eigenvalue weighted by molar-refractivity contribution is 1.08. The van der Waals surface area contributed by atoms with Gasteiger partial charge in [0.15, 0.2) is 5.15 Å². The van der Waals surface area contributed by atoms with Crippen molar-refractivity contribution in [3.8, 4) is 0 Å². The number of nitrogens with zero attached hydrogens (tertiary/aromatic N) is 1. The summed E-state index contributed by atoms with van der Waals surface area (Å²) in [7, 11) is 0. The zero-order chi connectivity index (χ0) is 12.3. The monoisotopic (exact) mass is 246 g/mol. The van der Waals surface area contributed by atoms with Gasteiger partial charge in [-0.1, -0.05) is 29.8 Å². The van der Waals surface area contributed by atoms with Crippen molar-refractivity contribution in [1.82, 2.24) is 4.98 Å². The van der Waals surface area contributed by atoms with Gasteiger partial charge in [0.2, 0.25) is 0 Å². The van der Waals surface area contributed by atoms with Gasteiger partial charge in [-0.15, -0.1) is 0 Å². The van der Waals surface area contributed by atoms with Crippen LogP contribution in [0.15, 0.2) is 36.5 Å². The molecule has 0 spiro atoms. The smallest absolute Gasteiger partial charge is 0.152 e. The molecular formula is C14H15ClN2. The highest BCUT2D eigenvalue weighted by molar-refractivity contribution is 6.31. The largest absolute Gasteiger partial charge is 0.378 e. The van der Waals surface area contributed by atoms with E-state index in [4.69, 9.17) is 11.6 Å². The summed E-state index contributed by atoms with van der Waals surface area (Å²) in [5, 5.41) is 3.83. The van der Waals surface area contributed by atoms with Crippen LogP contribution >= 0.6 is 11.6 Å². The van der Waals surface area contributed by atoms with Crippen LogP contribution in [0.4, 0.5) is 5.69 Å². The van der Waals surface area contributed by atoms with Gasteiger partial charge in [-0.3, -0.25) is 0 Å². The molecule has 88 valence electrons. The lowest BCUT2D eigenvalue weighted by Crippen LogP contribution is -2.04. The Labute approximate surface area is 107 Å². The standard InChI is InChI=1S/C14H15ClN2/c1-10-5-3-6-11(2)12(10)9-17-13-7-4-8-16-14(13)15/h3-8,17H,9H2,1-2H3. The molecule has 0 atom stereocenters. The van der Waals surface area contributed by atoms with Gasteiger partial charge >= 0.3 is 0 Å². The highest BCUT2D eigenvalue weighted by atomic mass is 35.5. The minimum atomic E-state index is 0.513. The fourth-order valence-corrected chi connectivity index (χ4v) is 2.02. The van der Waals surface area contributed by atoms with E-state index in [9.17, 15) is 0 Å². The first-order chi connectivity index (χ1) is 8.18. The third kappa shape index (κ3) is 2.77. The summed E-state index contributed by atoms with van der Waals surface area (Å²) in [5.74, 6) is 0. The molecule has 17 heavy (non-hydrogen) atoms. The maximum atomic E-state index is 6.00. The first kappa shape index (κ1) is 11.9. The van der Waals surface area contributed by atoms with Crippen LogP contribution in [0.3, 0.4) is 0 Å². The summed E-state index contributed by atoms with van der Waals surface area (Å²) in [6, 6.07) is 10.1. The van der Waals surface area contributed by atoms with Crippen molar-refractivity contribution in [2.24, 2.45) is 0 Å². The first-order valence-corrected chi connectivity index (χ1v) is 5.96. The lowest BCUT2D eigenvalue weighted by Gasteiger charge is -2.12. The molecule has 1 heterocycles. The molecule has 2 nitrogen and oxygen atoms in total. The summed E-state index contributed by atoms with van der Waals surface area (Å²) in [6.07, 6.45) is 1.69. The summed E-state index contributed by atoms with van der Waals surface area (Å²) in [4.78, 5) is 4.04. The van der Waals surface area contributed by atoms with Gasteiger partial charge in [-0.2, -0.15) is 0 Å². The molecule has 2 rings (SSSR count). The highest BCUT2D eigenvalue weighted by Crippen LogP contribution is 2.20. The Morgan fingerprint density at radius 1 is 1.12 bits per heavy atom. The van der Waals surface area contributed by atoms with Crippen molar-refractivity contribution < 1.29 is 0 Å². The minimum absolute atomic E-state index is 0.513. The topological polar surface area (TPSA) is 24.9 Å². The van der Waals surface area contributed by atoms with E-state index in [2.05, 4.69) is 42.3 Å². The Bertz CT molecular complexity index is 503. The minimum Gasteiger partial charge on any atom is -0.378 e. The fourth-order valence-electron chi connectivity index (χ4n) is 1.83. The molecule has 0 saturated heterocycles. The van der Waals surface area contributed by atoms with Gasteiger partial charge in [0.05, 0.1) is 5.69 Å². The predicted molar refractivity (Wildman–Crippen MR) is 72.5 cm³/mol. The van der Waals surface area contributed by atoms with Crippen LogP contribution < -0.4 is 5.32 Å². The third-order valence-corrected chi connectivity index (χ3v) is 3.16. The van der Waals surface area contributed by atoms with E-state index in [0.29, 0.717) is 5.15 Å². The van der Waals surface area contributed by atoms with Crippen molar-refractivity contribution in [2.45, 2.75) is 20.4 Å². The van der Waals surface area contributed by atoms with Crippen molar-refractivity contribution in [2.75, 3.05) is 5.32 Å². The molecular weight excluding hydrogens is 232 g/mol. The van der Waals surface area contributed by atoms with E-state index < -0.39 is 0 Å². The van der Waals surface area contributed by atoms with Crippen molar-refractivity contribution in [1.29, 1.82) is 0 Å². The van der Waals surface area contributed by atoms with Gasteiger partial charge in [-0.25, -0.2) is 4.98 Å². The molecule has 1 N–H and O–H groups in total. The number of nitrogens with one attached hydrogen (secondary N) is 1. The number of aromatic nitrogens is 1. The maximum Gasteiger partial charge on any atom is 0.152 e. The summed E-state index contributed by atoms with van der Waals surface area (Å²) in [5.41, 5.74) is 4.76. The zero-order valence-corrected chi connectivity index (χ0v) is 10.8. The Morgan fingerprint density at radius 3 is 2.47 bits per heavy atom. The molecule has 3 heteroatoms. The number of anilines is 1. The maximum absolute atomic E-state index is 6.00. The quantitative estimate of drug-likeness (QED) is 0.829. The normalized spacial score (nSPS) is 10.3. The molecule has 0 bridgehead atoms. The van der Waals surface area contributed by atoms with Crippen molar-refractivity contribution in [3.05, 3.63) is 58.4 Å². The molecule has 0 aliphatic rings. The first-order valence-electron chi connectivity index (χ1n) is 5.58. The van der Waals surface area contributed by atoms with E-state index in [0.717, 1.165) is 12.2 Å². The van der Waals surface area contributed by atoms with E-state index in [1.54, 1.807) is 6.20 Å². The number of rotatable bonds is 3. The van der Waals surface area contributed by atoms with Crippen molar-refractivity contribution >= 4 is 17.3 Å². The lowest BCUT2D eigenvalue weighted by atomic mass is 10.0. The van der Waals surface area contributed by atoms with Gasteiger partial charge in [0.25, 0.3) is 0 Å². The van der Waals surface area contributed by atoms with E-state index in [1.165, 1.54) is 16.7 Å². The van der Waals surface area contributed by atoms with E-state index in [-0.39, 0.29) is 0 Å². The Kier molecular flexibility index (Phi) is 3.64. The molecule has 0 aliphatic carbocycles. The van der Waals surface area contributed by atoms with Crippen LogP contribution in [0, 0.1) is 13.8 Å². The van der Waals surface area contributed by atoms with Gasteiger partial charge in [0, 0.05) is 12.7 Å². The highest BCUT2D eigenvalue weighted by Gasteiger charge is 2.03. The Hall–Kier alpha value is -1.54.